The SMILES string of the molecule is CSc1cccc(N2C[C@@H](C(=O)OCC(=O)Nc3cccc(F)c3)CC2=O)c1. The molecule has 0 aliphatic carbocycles. The van der Waals surface area contributed by atoms with Gasteiger partial charge in [-0.05, 0) is 42.7 Å². The number of hydrogen-bond donors (Lipinski definition) is 1. The van der Waals surface area contributed by atoms with Crippen molar-refractivity contribution in [2.45, 2.75) is 11.3 Å². The Morgan fingerprint density at radius 1 is 1.25 bits per heavy atom. The Hall–Kier alpha value is -2.87. The van der Waals surface area contributed by atoms with Gasteiger partial charge in [0.1, 0.15) is 5.82 Å². The maximum atomic E-state index is 13.1. The van der Waals surface area contributed by atoms with Gasteiger partial charge in [0.25, 0.3) is 5.91 Å². The van der Waals surface area contributed by atoms with Crippen LogP contribution >= 0.6 is 11.8 Å². The van der Waals surface area contributed by atoms with Crippen molar-refractivity contribution in [1.82, 2.24) is 0 Å². The van der Waals surface area contributed by atoms with Gasteiger partial charge in [0.15, 0.2) is 6.61 Å². The first-order valence-corrected chi connectivity index (χ1v) is 9.85. The number of benzene rings is 2. The van der Waals surface area contributed by atoms with Crippen molar-refractivity contribution in [2.75, 3.05) is 29.6 Å². The van der Waals surface area contributed by atoms with E-state index in [1.54, 1.807) is 16.7 Å². The molecule has 1 heterocycles. The van der Waals surface area contributed by atoms with Gasteiger partial charge in [-0.15, -0.1) is 11.8 Å². The molecule has 0 spiro atoms. The standard InChI is InChI=1S/C20H19FN2O4S/c1-28-17-7-3-6-16(10-17)23-11-13(8-19(23)25)20(26)27-12-18(24)22-15-5-2-4-14(21)9-15/h2-7,9-10,13H,8,11-12H2,1H3,(H,22,24)/t13-/m0/s1. The molecule has 0 bridgehead atoms. The highest BCUT2D eigenvalue weighted by Crippen LogP contribution is 2.28. The Bertz CT molecular complexity index is 905. The van der Waals surface area contributed by atoms with Gasteiger partial charge in [0.2, 0.25) is 5.91 Å². The highest BCUT2D eigenvalue weighted by molar-refractivity contribution is 7.98. The molecule has 0 radical (unpaired) electrons. The number of rotatable bonds is 6. The fraction of sp³-hybridized carbons (Fsp3) is 0.250. The number of nitrogens with zero attached hydrogens (tertiary/aromatic N) is 1. The van der Waals surface area contributed by atoms with E-state index in [4.69, 9.17) is 4.74 Å². The molecule has 1 aliphatic rings. The number of thioether (sulfide) groups is 1. The number of carbonyl (C=O) groups excluding carboxylic acids is 3. The van der Waals surface area contributed by atoms with Crippen LogP contribution in [0.25, 0.3) is 0 Å². The van der Waals surface area contributed by atoms with Crippen molar-refractivity contribution in [3.05, 3.63) is 54.3 Å². The molecule has 2 aromatic rings. The fourth-order valence-corrected chi connectivity index (χ4v) is 3.36. The van der Waals surface area contributed by atoms with Crippen LogP contribution in [-0.2, 0) is 19.1 Å². The summed E-state index contributed by atoms with van der Waals surface area (Å²) in [4.78, 5) is 39.0. The third-order valence-electron chi connectivity index (χ3n) is 4.28. The number of hydrogen-bond acceptors (Lipinski definition) is 5. The number of nitrogens with one attached hydrogen (secondary N) is 1. The average molecular weight is 402 g/mol. The minimum Gasteiger partial charge on any atom is -0.455 e. The molecule has 0 aromatic heterocycles. The first-order chi connectivity index (χ1) is 13.5. The molecular formula is C20H19FN2O4S. The molecule has 1 fully saturated rings. The molecule has 1 atom stereocenters. The van der Waals surface area contributed by atoms with Crippen molar-refractivity contribution in [3.63, 3.8) is 0 Å². The summed E-state index contributed by atoms with van der Waals surface area (Å²) in [6, 6.07) is 12.9. The Kier molecular flexibility index (Phi) is 6.30. The van der Waals surface area contributed by atoms with E-state index in [0.717, 1.165) is 16.6 Å². The van der Waals surface area contributed by atoms with Gasteiger partial charge >= 0.3 is 5.97 Å². The molecule has 2 aromatic carbocycles. The molecular weight excluding hydrogens is 383 g/mol. The van der Waals surface area contributed by atoms with Crippen LogP contribution in [0.2, 0.25) is 0 Å². The number of amides is 2. The normalized spacial score (nSPS) is 16.1. The van der Waals surface area contributed by atoms with Crippen molar-refractivity contribution >= 4 is 40.9 Å². The molecule has 2 amide bonds. The lowest BCUT2D eigenvalue weighted by molar-refractivity contribution is -0.151. The van der Waals surface area contributed by atoms with E-state index >= 15 is 0 Å². The van der Waals surface area contributed by atoms with Crippen LogP contribution in [0.3, 0.4) is 0 Å². The monoisotopic (exact) mass is 402 g/mol. The van der Waals surface area contributed by atoms with Crippen LogP contribution < -0.4 is 10.2 Å². The summed E-state index contributed by atoms with van der Waals surface area (Å²) in [5.41, 5.74) is 1.01. The third kappa shape index (κ3) is 4.89. The van der Waals surface area contributed by atoms with Gasteiger partial charge in [0.05, 0.1) is 5.92 Å². The minimum atomic E-state index is -0.632. The van der Waals surface area contributed by atoms with Gasteiger partial charge in [-0.1, -0.05) is 12.1 Å². The zero-order chi connectivity index (χ0) is 20.1. The summed E-state index contributed by atoms with van der Waals surface area (Å²) >= 11 is 1.57. The predicted octanol–water partition coefficient (Wildman–Crippen LogP) is 3.08. The van der Waals surface area contributed by atoms with E-state index in [-0.39, 0.29) is 24.6 Å². The van der Waals surface area contributed by atoms with Crippen LogP contribution in [0.1, 0.15) is 6.42 Å². The highest BCUT2D eigenvalue weighted by Gasteiger charge is 2.36. The summed E-state index contributed by atoms with van der Waals surface area (Å²) in [5.74, 6) is -2.46. The second-order valence-corrected chi connectivity index (χ2v) is 7.15. The van der Waals surface area contributed by atoms with Crippen LogP contribution in [0.5, 0.6) is 0 Å². The smallest absolute Gasteiger partial charge is 0.311 e. The van der Waals surface area contributed by atoms with Crippen molar-refractivity contribution < 1.29 is 23.5 Å². The Labute approximate surface area is 166 Å². The van der Waals surface area contributed by atoms with Crippen LogP contribution in [0, 0.1) is 11.7 Å². The van der Waals surface area contributed by atoms with Gasteiger partial charge in [-0.3, -0.25) is 14.4 Å². The fourth-order valence-electron chi connectivity index (χ4n) is 2.91. The van der Waals surface area contributed by atoms with E-state index in [1.807, 2.05) is 30.5 Å². The molecule has 1 aliphatic heterocycles. The van der Waals surface area contributed by atoms with E-state index < -0.39 is 30.2 Å². The van der Waals surface area contributed by atoms with Gasteiger partial charge in [-0.25, -0.2) is 4.39 Å². The van der Waals surface area contributed by atoms with Gasteiger partial charge < -0.3 is 15.0 Å². The van der Waals surface area contributed by atoms with Crippen molar-refractivity contribution in [1.29, 1.82) is 0 Å². The van der Waals surface area contributed by atoms with Crippen LogP contribution in [0.4, 0.5) is 15.8 Å². The first-order valence-electron chi connectivity index (χ1n) is 8.62. The largest absolute Gasteiger partial charge is 0.455 e. The number of carbonyl (C=O) groups is 3. The molecule has 1 saturated heterocycles. The van der Waals surface area contributed by atoms with E-state index in [0.29, 0.717) is 0 Å². The van der Waals surface area contributed by atoms with E-state index in [9.17, 15) is 18.8 Å². The molecule has 3 rings (SSSR count). The summed E-state index contributed by atoms with van der Waals surface area (Å²) in [5, 5.41) is 2.45. The summed E-state index contributed by atoms with van der Waals surface area (Å²) < 4.78 is 18.2. The second-order valence-electron chi connectivity index (χ2n) is 6.27. The number of anilines is 2. The third-order valence-corrected chi connectivity index (χ3v) is 5.00. The number of ether oxygens (including phenoxy) is 1. The summed E-state index contributed by atoms with van der Waals surface area (Å²) in [6.07, 6.45) is 1.98. The second kappa shape index (κ2) is 8.88. The maximum Gasteiger partial charge on any atom is 0.311 e. The number of esters is 1. The summed E-state index contributed by atoms with van der Waals surface area (Å²) in [6.45, 7) is -0.289. The van der Waals surface area contributed by atoms with Crippen molar-refractivity contribution in [2.24, 2.45) is 5.92 Å². The maximum absolute atomic E-state index is 13.1. The Morgan fingerprint density at radius 2 is 2.04 bits per heavy atom. The number of halogens is 1. The molecule has 0 unspecified atom stereocenters. The van der Waals surface area contributed by atoms with Crippen molar-refractivity contribution in [3.8, 4) is 0 Å². The average Bonchev–Trinajstić information content (AvgIpc) is 3.08. The highest BCUT2D eigenvalue weighted by atomic mass is 32.2. The molecule has 1 N–H and O–H groups in total. The summed E-state index contributed by atoms with van der Waals surface area (Å²) in [7, 11) is 0. The topological polar surface area (TPSA) is 75.7 Å². The first kappa shape index (κ1) is 19.9. The zero-order valence-corrected chi connectivity index (χ0v) is 16.0. The van der Waals surface area contributed by atoms with E-state index in [2.05, 4.69) is 5.32 Å². The van der Waals surface area contributed by atoms with Crippen LogP contribution in [0.15, 0.2) is 53.4 Å². The molecule has 8 heteroatoms. The minimum absolute atomic E-state index is 0.0356. The lowest BCUT2D eigenvalue weighted by atomic mass is 10.1. The molecule has 28 heavy (non-hydrogen) atoms. The molecule has 146 valence electrons. The van der Waals surface area contributed by atoms with Crippen LogP contribution in [-0.4, -0.2) is 37.2 Å². The lowest BCUT2D eigenvalue weighted by Crippen LogP contribution is -2.28. The zero-order valence-electron chi connectivity index (χ0n) is 15.2. The predicted molar refractivity (Wildman–Crippen MR) is 105 cm³/mol. The molecule has 0 saturated carbocycles. The quantitative estimate of drug-likeness (QED) is 0.594. The molecule has 6 nitrogen and oxygen atoms in total. The van der Waals surface area contributed by atoms with E-state index in [1.165, 1.54) is 18.2 Å². The van der Waals surface area contributed by atoms with Gasteiger partial charge in [0, 0.05) is 29.2 Å². The Balaban J connectivity index is 1.53. The van der Waals surface area contributed by atoms with Gasteiger partial charge in [-0.2, -0.15) is 0 Å². The Morgan fingerprint density at radius 3 is 2.79 bits per heavy atom. The lowest BCUT2D eigenvalue weighted by Gasteiger charge is -2.17.